The third-order valence-corrected chi connectivity index (χ3v) is 2.36. The zero-order chi connectivity index (χ0) is 6.81. The van der Waals surface area contributed by atoms with Gasteiger partial charge in [-0.15, -0.1) is 0 Å². The highest BCUT2D eigenvalue weighted by molar-refractivity contribution is 5.14. The number of H-pyrrole nitrogens is 1. The predicted molar refractivity (Wildman–Crippen MR) is 40.8 cm³/mol. The number of nitrogens with one attached hydrogen (secondary N) is 1. The topological polar surface area (TPSA) is 15.8 Å². The monoisotopic (exact) mass is 134 g/mol. The molecule has 0 atom stereocenters. The molecule has 0 bridgehead atoms. The highest BCUT2D eigenvalue weighted by atomic mass is 14.6. The van der Waals surface area contributed by atoms with E-state index in [0.717, 1.165) is 5.92 Å². The van der Waals surface area contributed by atoms with Gasteiger partial charge < -0.3 is 4.98 Å². The van der Waals surface area contributed by atoms with Crippen LogP contribution in [0.15, 0.2) is 12.3 Å². The van der Waals surface area contributed by atoms with Crippen molar-refractivity contribution >= 4 is 0 Å². The number of aromatic nitrogens is 1. The van der Waals surface area contributed by atoms with Gasteiger partial charge in [0, 0.05) is 6.20 Å². The molecular weight excluding hydrogens is 122 g/mol. The minimum absolute atomic E-state index is 0.811. The van der Waals surface area contributed by atoms with E-state index in [0.29, 0.717) is 0 Å². The summed E-state index contributed by atoms with van der Waals surface area (Å²) in [5.41, 5.74) is 1.39. The summed E-state index contributed by atoms with van der Waals surface area (Å²) in [7, 11) is 0. The largest absolute Gasteiger partial charge is 0.360 e. The van der Waals surface area contributed by atoms with Crippen LogP contribution in [-0.2, 0) is 0 Å². The first kappa shape index (κ1) is 6.02. The second-order valence-electron chi connectivity index (χ2n) is 3.04. The summed E-state index contributed by atoms with van der Waals surface area (Å²) >= 11 is 0. The molecule has 1 aromatic heterocycles. The van der Waals surface area contributed by atoms with Crippen LogP contribution in [0.4, 0.5) is 0 Å². The van der Waals surface area contributed by atoms with Gasteiger partial charge in [-0.2, -0.15) is 0 Å². The van der Waals surface area contributed by atoms with E-state index in [-0.39, 0.29) is 0 Å². The predicted octanol–water partition coefficient (Wildman–Crippen LogP) is 2.47. The molecule has 0 unspecified atom stereocenters. The second-order valence-corrected chi connectivity index (χ2v) is 3.04. The molecule has 2 rings (SSSR count). The minimum Gasteiger partial charge on any atom is -0.360 e. The summed E-state index contributed by atoms with van der Waals surface area (Å²) in [6.07, 6.45) is 10.7. The van der Waals surface area contributed by atoms with E-state index in [2.05, 4.69) is 17.2 Å². The maximum atomic E-state index is 3.15. The van der Waals surface area contributed by atoms with Gasteiger partial charge >= 0.3 is 0 Å². The van der Waals surface area contributed by atoms with Gasteiger partial charge in [-0.25, -0.2) is 0 Å². The lowest BCUT2D eigenvalue weighted by atomic mass is 10.0. The summed E-state index contributed by atoms with van der Waals surface area (Å²) in [5.74, 6) is 0.811. The van der Waals surface area contributed by atoms with Gasteiger partial charge in [0.25, 0.3) is 0 Å². The van der Waals surface area contributed by atoms with Crippen molar-refractivity contribution in [1.82, 2.24) is 4.98 Å². The number of rotatable bonds is 1. The Morgan fingerprint density at radius 1 is 1.40 bits per heavy atom. The van der Waals surface area contributed by atoms with E-state index < -0.39 is 0 Å². The molecule has 1 fully saturated rings. The fourth-order valence-corrected chi connectivity index (χ4v) is 1.77. The third-order valence-electron chi connectivity index (χ3n) is 2.36. The molecule has 0 amide bonds. The van der Waals surface area contributed by atoms with Gasteiger partial charge in [0.15, 0.2) is 0 Å². The van der Waals surface area contributed by atoms with Crippen molar-refractivity contribution < 1.29 is 0 Å². The smallest absolute Gasteiger partial charge is 0.0657 e. The minimum atomic E-state index is 0.811. The van der Waals surface area contributed by atoms with Crippen LogP contribution in [0.5, 0.6) is 0 Å². The van der Waals surface area contributed by atoms with Crippen LogP contribution in [0.3, 0.4) is 0 Å². The summed E-state index contributed by atoms with van der Waals surface area (Å²) in [6, 6.07) is 2.15. The first-order valence-electron chi connectivity index (χ1n) is 4.02. The fourth-order valence-electron chi connectivity index (χ4n) is 1.77. The third kappa shape index (κ3) is 0.962. The lowest BCUT2D eigenvalue weighted by Gasteiger charge is -2.02. The van der Waals surface area contributed by atoms with Crippen LogP contribution in [0, 0.1) is 6.20 Å². The summed E-state index contributed by atoms with van der Waals surface area (Å²) < 4.78 is 0. The van der Waals surface area contributed by atoms with Gasteiger partial charge in [0.1, 0.15) is 0 Å². The Hall–Kier alpha value is -0.720. The Balaban J connectivity index is 2.12. The molecule has 1 radical (unpaired) electrons. The highest BCUT2D eigenvalue weighted by Crippen LogP contribution is 2.33. The van der Waals surface area contributed by atoms with Gasteiger partial charge in [-0.3, -0.25) is 0 Å². The summed E-state index contributed by atoms with van der Waals surface area (Å²) in [4.78, 5) is 2.98. The van der Waals surface area contributed by atoms with E-state index in [9.17, 15) is 0 Å². The van der Waals surface area contributed by atoms with Crippen molar-refractivity contribution in [3.63, 3.8) is 0 Å². The lowest BCUT2D eigenvalue weighted by Crippen LogP contribution is -1.87. The lowest BCUT2D eigenvalue weighted by molar-refractivity contribution is 0.723. The number of hydrogen-bond donors (Lipinski definition) is 1. The van der Waals surface area contributed by atoms with E-state index in [4.69, 9.17) is 0 Å². The first-order valence-corrected chi connectivity index (χ1v) is 4.02. The maximum absolute atomic E-state index is 3.15. The van der Waals surface area contributed by atoms with Crippen molar-refractivity contribution in [3.05, 3.63) is 24.0 Å². The molecule has 1 aromatic rings. The molecule has 1 heteroatoms. The quantitative estimate of drug-likeness (QED) is 0.607. The SMILES string of the molecule is [c]1[nH]ccc1C1CCCC1. The average molecular weight is 134 g/mol. The maximum Gasteiger partial charge on any atom is 0.0657 e. The van der Waals surface area contributed by atoms with Crippen LogP contribution in [0.2, 0.25) is 0 Å². The molecule has 0 saturated heterocycles. The van der Waals surface area contributed by atoms with Gasteiger partial charge in [0.05, 0.1) is 6.20 Å². The Morgan fingerprint density at radius 2 is 2.20 bits per heavy atom. The van der Waals surface area contributed by atoms with Crippen LogP contribution in [-0.4, -0.2) is 4.98 Å². The summed E-state index contributed by atoms with van der Waals surface area (Å²) in [5, 5.41) is 0. The molecule has 10 heavy (non-hydrogen) atoms. The first-order chi connectivity index (χ1) is 4.97. The van der Waals surface area contributed by atoms with Crippen molar-refractivity contribution in [2.24, 2.45) is 0 Å². The van der Waals surface area contributed by atoms with Crippen molar-refractivity contribution in [2.45, 2.75) is 31.6 Å². The van der Waals surface area contributed by atoms with E-state index in [1.165, 1.54) is 31.2 Å². The summed E-state index contributed by atoms with van der Waals surface area (Å²) in [6.45, 7) is 0. The molecule has 0 aliphatic heterocycles. The van der Waals surface area contributed by atoms with Crippen LogP contribution < -0.4 is 0 Å². The van der Waals surface area contributed by atoms with E-state index in [1.54, 1.807) is 0 Å². The molecular formula is C9H12N. The number of hydrogen-bond acceptors (Lipinski definition) is 0. The molecule has 1 N–H and O–H groups in total. The highest BCUT2D eigenvalue weighted by Gasteiger charge is 2.16. The molecule has 1 aliphatic rings. The Kier molecular flexibility index (Phi) is 1.50. The molecule has 1 aliphatic carbocycles. The van der Waals surface area contributed by atoms with Crippen molar-refractivity contribution in [2.75, 3.05) is 0 Å². The Morgan fingerprint density at radius 3 is 2.80 bits per heavy atom. The van der Waals surface area contributed by atoms with Crippen LogP contribution in [0.1, 0.15) is 37.2 Å². The molecule has 0 spiro atoms. The number of aromatic amines is 1. The Bertz CT molecular complexity index is 183. The van der Waals surface area contributed by atoms with E-state index in [1.807, 2.05) is 6.20 Å². The standard InChI is InChI=1S/C9H12N/c1-2-4-8(3-1)9-5-6-10-7-9/h5-6,8,10H,1-4H2. The van der Waals surface area contributed by atoms with Gasteiger partial charge in [-0.05, 0) is 30.4 Å². The van der Waals surface area contributed by atoms with Gasteiger partial charge in [0.2, 0.25) is 0 Å². The molecule has 0 aromatic carbocycles. The molecule has 1 heterocycles. The normalized spacial score (nSPS) is 20.0. The van der Waals surface area contributed by atoms with Crippen molar-refractivity contribution in [1.29, 1.82) is 0 Å². The second kappa shape index (κ2) is 2.49. The zero-order valence-corrected chi connectivity index (χ0v) is 6.06. The molecule has 53 valence electrons. The van der Waals surface area contributed by atoms with Crippen molar-refractivity contribution in [3.8, 4) is 0 Å². The van der Waals surface area contributed by atoms with Crippen LogP contribution in [0.25, 0.3) is 0 Å². The molecule has 1 saturated carbocycles. The molecule has 1 nitrogen and oxygen atoms in total. The average Bonchev–Trinajstić information content (AvgIpc) is 2.59. The van der Waals surface area contributed by atoms with Crippen LogP contribution >= 0.6 is 0 Å². The van der Waals surface area contributed by atoms with Gasteiger partial charge in [-0.1, -0.05) is 12.8 Å². The fraction of sp³-hybridized carbons (Fsp3) is 0.556. The Labute approximate surface area is 61.5 Å². The van der Waals surface area contributed by atoms with E-state index >= 15 is 0 Å². The zero-order valence-electron chi connectivity index (χ0n) is 6.06.